The van der Waals surface area contributed by atoms with E-state index in [-0.39, 0.29) is 0 Å². The zero-order valence-electron chi connectivity index (χ0n) is 9.91. The minimum atomic E-state index is -0.460. The smallest absolute Gasteiger partial charge is 0.313 e. The lowest BCUT2D eigenvalue weighted by atomic mass is 10.3. The summed E-state index contributed by atoms with van der Waals surface area (Å²) in [6, 6.07) is 0. The molecule has 2 aromatic rings. The Hall–Kier alpha value is -0.890. The number of halogens is 2. The van der Waals surface area contributed by atoms with Crippen LogP contribution in [-0.2, 0) is 13.6 Å². The van der Waals surface area contributed by atoms with Gasteiger partial charge in [0.1, 0.15) is 0 Å². The van der Waals surface area contributed by atoms with Crippen molar-refractivity contribution in [3.8, 4) is 0 Å². The van der Waals surface area contributed by atoms with Gasteiger partial charge in [-0.15, -0.1) is 0 Å². The van der Waals surface area contributed by atoms with E-state index in [0.29, 0.717) is 27.3 Å². The number of aryl methyl sites for hydroxylation is 2. The molecule has 0 fully saturated rings. The molecule has 8 heteroatoms. The number of nitrogens with zero attached hydrogens (tertiary/aromatic N) is 3. The molecule has 2 rings (SSSR count). The van der Waals surface area contributed by atoms with Crippen LogP contribution in [-0.4, -0.2) is 23.9 Å². The minimum Gasteiger partial charge on any atom is -0.313 e. The van der Waals surface area contributed by atoms with E-state index in [1.54, 1.807) is 11.6 Å². The van der Waals surface area contributed by atoms with E-state index in [4.69, 9.17) is 0 Å². The van der Waals surface area contributed by atoms with E-state index in [9.17, 15) is 9.59 Å². The van der Waals surface area contributed by atoms with Crippen molar-refractivity contribution in [2.45, 2.75) is 24.7 Å². The van der Waals surface area contributed by atoms with Gasteiger partial charge in [0.15, 0.2) is 15.9 Å². The molecule has 0 aliphatic carbocycles. The lowest BCUT2D eigenvalue weighted by molar-refractivity contribution is 0.645. The molecule has 0 spiro atoms. The second-order valence-corrected chi connectivity index (χ2v) is 6.36. The molecule has 0 aliphatic heterocycles. The van der Waals surface area contributed by atoms with Gasteiger partial charge in [-0.1, -0.05) is 22.9 Å². The molecular weight excluding hydrogens is 368 g/mol. The van der Waals surface area contributed by atoms with Gasteiger partial charge in [-0.3, -0.25) is 14.3 Å². The van der Waals surface area contributed by atoms with Gasteiger partial charge in [0.2, 0.25) is 0 Å². The van der Waals surface area contributed by atoms with E-state index < -0.39 is 11.2 Å². The summed E-state index contributed by atoms with van der Waals surface area (Å²) < 4.78 is 3.65. The van der Waals surface area contributed by atoms with Gasteiger partial charge >= 0.3 is 5.69 Å². The molecule has 0 saturated heterocycles. The first-order chi connectivity index (χ1) is 8.41. The Balaban J connectivity index is 2.68. The summed E-state index contributed by atoms with van der Waals surface area (Å²) in [7, 11) is 1.58. The molecule has 0 aromatic carbocycles. The molecule has 1 atom stereocenters. The maximum absolute atomic E-state index is 11.9. The summed E-state index contributed by atoms with van der Waals surface area (Å²) in [6.45, 7) is 2.68. The number of H-pyrrole nitrogens is 1. The van der Waals surface area contributed by atoms with Crippen LogP contribution >= 0.6 is 31.9 Å². The highest BCUT2D eigenvalue weighted by Crippen LogP contribution is 2.17. The highest BCUT2D eigenvalue weighted by Gasteiger charge is 2.15. The summed E-state index contributed by atoms with van der Waals surface area (Å²) in [5.74, 6) is 0. The number of aromatic nitrogens is 4. The standard InChI is InChI=1S/C10H12Br2N4O2/c1-5(11)3-4-16-6-7(13-9(16)12)15(2)10(18)14-8(6)17/h5H,3-4H2,1-2H3,(H,14,17,18). The maximum Gasteiger partial charge on any atom is 0.329 e. The van der Waals surface area contributed by atoms with E-state index in [1.807, 2.05) is 6.92 Å². The topological polar surface area (TPSA) is 72.7 Å². The zero-order chi connectivity index (χ0) is 13.4. The molecule has 0 radical (unpaired) electrons. The Bertz CT molecular complexity index is 698. The highest BCUT2D eigenvalue weighted by atomic mass is 79.9. The predicted molar refractivity (Wildman–Crippen MR) is 76.3 cm³/mol. The molecule has 0 aliphatic rings. The summed E-state index contributed by atoms with van der Waals surface area (Å²) in [6.07, 6.45) is 0.854. The normalized spacial score (nSPS) is 13.1. The number of hydrogen-bond acceptors (Lipinski definition) is 3. The summed E-state index contributed by atoms with van der Waals surface area (Å²) >= 11 is 6.78. The molecule has 98 valence electrons. The highest BCUT2D eigenvalue weighted by molar-refractivity contribution is 9.10. The summed E-state index contributed by atoms with van der Waals surface area (Å²) in [5.41, 5.74) is -0.0676. The number of imidazole rings is 1. The summed E-state index contributed by atoms with van der Waals surface area (Å²) in [5, 5.41) is 0. The van der Waals surface area contributed by atoms with Crippen molar-refractivity contribution in [1.29, 1.82) is 0 Å². The Morgan fingerprint density at radius 1 is 1.44 bits per heavy atom. The monoisotopic (exact) mass is 378 g/mol. The van der Waals surface area contributed by atoms with Crippen molar-refractivity contribution in [2.75, 3.05) is 0 Å². The van der Waals surface area contributed by atoms with Crippen LogP contribution in [0.15, 0.2) is 14.3 Å². The van der Waals surface area contributed by atoms with Crippen molar-refractivity contribution in [3.05, 3.63) is 25.6 Å². The van der Waals surface area contributed by atoms with Crippen LogP contribution in [0.3, 0.4) is 0 Å². The van der Waals surface area contributed by atoms with Crippen LogP contribution in [0.4, 0.5) is 0 Å². The van der Waals surface area contributed by atoms with E-state index in [1.165, 1.54) is 4.57 Å². The summed E-state index contributed by atoms with van der Waals surface area (Å²) in [4.78, 5) is 30.2. The fourth-order valence-corrected chi connectivity index (χ4v) is 2.45. The molecule has 6 nitrogen and oxygen atoms in total. The fourth-order valence-electron chi connectivity index (χ4n) is 1.72. The van der Waals surface area contributed by atoms with Crippen LogP contribution < -0.4 is 11.2 Å². The molecule has 18 heavy (non-hydrogen) atoms. The maximum atomic E-state index is 11.9. The predicted octanol–water partition coefficient (Wildman–Crippen LogP) is 1.36. The van der Waals surface area contributed by atoms with Crippen LogP contribution in [0.5, 0.6) is 0 Å². The van der Waals surface area contributed by atoms with Crippen LogP contribution in [0.2, 0.25) is 0 Å². The van der Waals surface area contributed by atoms with E-state index in [0.717, 1.165) is 6.42 Å². The Labute approximate surface area is 119 Å². The lowest BCUT2D eigenvalue weighted by Gasteiger charge is -2.06. The first-order valence-electron chi connectivity index (χ1n) is 5.41. The molecular formula is C10H12Br2N4O2. The fraction of sp³-hybridized carbons (Fsp3) is 0.500. The van der Waals surface area contributed by atoms with Crippen molar-refractivity contribution < 1.29 is 0 Å². The zero-order valence-corrected chi connectivity index (χ0v) is 13.1. The van der Waals surface area contributed by atoms with E-state index in [2.05, 4.69) is 41.8 Å². The second kappa shape index (κ2) is 5.00. The van der Waals surface area contributed by atoms with Gasteiger partial charge in [0.05, 0.1) is 0 Å². The van der Waals surface area contributed by atoms with Crippen LogP contribution in [0.25, 0.3) is 11.2 Å². The third-order valence-corrected chi connectivity index (χ3v) is 3.77. The Morgan fingerprint density at radius 3 is 2.72 bits per heavy atom. The third-order valence-electron chi connectivity index (χ3n) is 2.71. The Morgan fingerprint density at radius 2 is 2.11 bits per heavy atom. The molecule has 0 amide bonds. The number of hydrogen-bond donors (Lipinski definition) is 1. The van der Waals surface area contributed by atoms with Crippen molar-refractivity contribution in [1.82, 2.24) is 19.1 Å². The van der Waals surface area contributed by atoms with Gasteiger partial charge in [0.25, 0.3) is 5.56 Å². The average Bonchev–Trinajstić information content (AvgIpc) is 2.61. The first-order valence-corrected chi connectivity index (χ1v) is 7.11. The van der Waals surface area contributed by atoms with E-state index >= 15 is 0 Å². The number of nitrogens with one attached hydrogen (secondary N) is 1. The molecule has 2 heterocycles. The van der Waals surface area contributed by atoms with Crippen molar-refractivity contribution in [2.24, 2.45) is 7.05 Å². The van der Waals surface area contributed by atoms with Crippen molar-refractivity contribution in [3.63, 3.8) is 0 Å². The molecule has 0 saturated carbocycles. The molecule has 0 bridgehead atoms. The largest absolute Gasteiger partial charge is 0.329 e. The number of fused-ring (bicyclic) bond motifs is 1. The average molecular weight is 380 g/mol. The first kappa shape index (κ1) is 13.5. The number of aromatic amines is 1. The van der Waals surface area contributed by atoms with Crippen LogP contribution in [0, 0.1) is 0 Å². The Kier molecular flexibility index (Phi) is 3.76. The second-order valence-electron chi connectivity index (χ2n) is 4.09. The van der Waals surface area contributed by atoms with Gasteiger partial charge in [-0.25, -0.2) is 9.78 Å². The quantitative estimate of drug-likeness (QED) is 0.646. The third kappa shape index (κ3) is 2.31. The van der Waals surface area contributed by atoms with Gasteiger partial charge in [-0.2, -0.15) is 0 Å². The SMILES string of the molecule is CC(Br)CCn1c(Br)nc2c1c(=O)[nH]c(=O)n2C. The minimum absolute atomic E-state index is 0.341. The number of alkyl halides is 1. The van der Waals surface area contributed by atoms with Gasteiger partial charge in [-0.05, 0) is 22.4 Å². The lowest BCUT2D eigenvalue weighted by Crippen LogP contribution is -2.29. The van der Waals surface area contributed by atoms with Crippen molar-refractivity contribution >= 4 is 43.0 Å². The number of rotatable bonds is 3. The van der Waals surface area contributed by atoms with Gasteiger partial charge < -0.3 is 4.57 Å². The molecule has 1 N–H and O–H groups in total. The van der Waals surface area contributed by atoms with Crippen LogP contribution in [0.1, 0.15) is 13.3 Å². The molecule has 1 unspecified atom stereocenters. The molecule has 2 aromatic heterocycles. The van der Waals surface area contributed by atoms with Gasteiger partial charge in [0, 0.05) is 18.4 Å².